The first-order valence-electron chi connectivity index (χ1n) is 10.2. The Morgan fingerprint density at radius 2 is 1.80 bits per heavy atom. The van der Waals surface area contributed by atoms with Crippen LogP contribution in [0.15, 0.2) is 64.5 Å². The number of hydrogen-bond acceptors (Lipinski definition) is 5. The topological polar surface area (TPSA) is 64.4 Å². The van der Waals surface area contributed by atoms with Gasteiger partial charge in [0.2, 0.25) is 5.91 Å². The first-order chi connectivity index (χ1) is 14.7. The maximum atomic E-state index is 13.4. The zero-order valence-corrected chi connectivity index (χ0v) is 17.8. The van der Waals surface area contributed by atoms with Gasteiger partial charge in [-0.15, -0.1) is 0 Å². The van der Waals surface area contributed by atoms with Crippen molar-refractivity contribution in [2.75, 3.05) is 26.8 Å². The van der Waals surface area contributed by atoms with Crippen LogP contribution in [0, 0.1) is 0 Å². The number of aromatic nitrogens is 2. The van der Waals surface area contributed by atoms with Crippen LogP contribution in [0.2, 0.25) is 0 Å². The summed E-state index contributed by atoms with van der Waals surface area (Å²) in [4.78, 5) is 33.2. The third-order valence-electron chi connectivity index (χ3n) is 5.31. The van der Waals surface area contributed by atoms with Gasteiger partial charge in [0, 0.05) is 20.2 Å². The van der Waals surface area contributed by atoms with Gasteiger partial charge in [-0.1, -0.05) is 54.2 Å². The average molecular weight is 424 g/mol. The Labute approximate surface area is 179 Å². The molecule has 0 N–H and O–H groups in total. The first kappa shape index (κ1) is 20.6. The van der Waals surface area contributed by atoms with E-state index >= 15 is 0 Å². The number of ether oxygens (including phenoxy) is 1. The molecule has 0 radical (unpaired) electrons. The van der Waals surface area contributed by atoms with Crippen LogP contribution >= 0.6 is 11.8 Å². The number of fused-ring (bicyclic) bond motifs is 1. The number of nitrogens with zero attached hydrogens (tertiary/aromatic N) is 3. The molecule has 0 bridgehead atoms. The minimum Gasteiger partial charge on any atom is -0.383 e. The predicted octanol–water partition coefficient (Wildman–Crippen LogP) is 3.50. The van der Waals surface area contributed by atoms with Crippen LogP contribution in [0.3, 0.4) is 0 Å². The number of hydrogen-bond donors (Lipinski definition) is 0. The molecule has 1 amide bonds. The molecule has 7 heteroatoms. The molecule has 0 saturated carbocycles. The molecular formula is C23H25N3O3S. The van der Waals surface area contributed by atoms with Gasteiger partial charge >= 0.3 is 0 Å². The van der Waals surface area contributed by atoms with Crippen molar-refractivity contribution < 1.29 is 9.53 Å². The van der Waals surface area contributed by atoms with Crippen molar-refractivity contribution in [2.24, 2.45) is 0 Å². The monoisotopic (exact) mass is 423 g/mol. The molecule has 1 atom stereocenters. The summed E-state index contributed by atoms with van der Waals surface area (Å²) in [7, 11) is 1.61. The van der Waals surface area contributed by atoms with E-state index in [1.54, 1.807) is 17.7 Å². The minimum absolute atomic E-state index is 0.0735. The summed E-state index contributed by atoms with van der Waals surface area (Å²) < 4.78 is 6.84. The van der Waals surface area contributed by atoms with Crippen molar-refractivity contribution >= 4 is 28.6 Å². The zero-order valence-electron chi connectivity index (χ0n) is 17.0. The molecule has 1 saturated heterocycles. The molecule has 156 valence electrons. The highest BCUT2D eigenvalue weighted by Gasteiger charge is 2.30. The fourth-order valence-electron chi connectivity index (χ4n) is 3.71. The number of methoxy groups -OCH3 is 1. The van der Waals surface area contributed by atoms with Gasteiger partial charge in [-0.2, -0.15) is 0 Å². The lowest BCUT2D eigenvalue weighted by Gasteiger charge is -2.24. The highest BCUT2D eigenvalue weighted by atomic mass is 32.2. The lowest BCUT2D eigenvalue weighted by molar-refractivity contribution is -0.129. The van der Waals surface area contributed by atoms with E-state index in [1.165, 1.54) is 11.8 Å². The maximum Gasteiger partial charge on any atom is 0.262 e. The smallest absolute Gasteiger partial charge is 0.262 e. The fourth-order valence-corrected chi connectivity index (χ4v) is 4.92. The zero-order chi connectivity index (χ0) is 20.9. The van der Waals surface area contributed by atoms with Crippen LogP contribution in [0.5, 0.6) is 0 Å². The third-order valence-corrected chi connectivity index (χ3v) is 6.55. The van der Waals surface area contributed by atoms with E-state index in [2.05, 4.69) is 0 Å². The van der Waals surface area contributed by atoms with Crippen molar-refractivity contribution in [3.63, 3.8) is 0 Å². The minimum atomic E-state index is -0.453. The molecule has 3 aromatic rings. The summed E-state index contributed by atoms with van der Waals surface area (Å²) in [5.41, 5.74) is 1.44. The lowest BCUT2D eigenvalue weighted by atomic mass is 10.1. The van der Waals surface area contributed by atoms with E-state index in [9.17, 15) is 9.59 Å². The fraction of sp³-hybridized carbons (Fsp3) is 0.348. The third kappa shape index (κ3) is 4.27. The van der Waals surface area contributed by atoms with Crippen molar-refractivity contribution in [3.8, 4) is 0 Å². The second-order valence-electron chi connectivity index (χ2n) is 7.30. The number of benzene rings is 2. The lowest BCUT2D eigenvalue weighted by Crippen LogP contribution is -2.32. The van der Waals surface area contributed by atoms with Crippen LogP contribution in [-0.2, 0) is 16.1 Å². The molecule has 2 heterocycles. The number of carbonyl (C=O) groups excluding carboxylic acids is 1. The van der Waals surface area contributed by atoms with E-state index in [0.717, 1.165) is 31.5 Å². The van der Waals surface area contributed by atoms with Gasteiger partial charge in [-0.3, -0.25) is 14.2 Å². The van der Waals surface area contributed by atoms with E-state index in [4.69, 9.17) is 9.72 Å². The van der Waals surface area contributed by atoms with E-state index in [1.807, 2.05) is 53.4 Å². The maximum absolute atomic E-state index is 13.4. The molecule has 6 nitrogen and oxygen atoms in total. The number of carbonyl (C=O) groups is 1. The van der Waals surface area contributed by atoms with Crippen LogP contribution in [0.25, 0.3) is 10.9 Å². The molecule has 0 aliphatic carbocycles. The van der Waals surface area contributed by atoms with Crippen molar-refractivity contribution in [1.82, 2.24) is 14.5 Å². The summed E-state index contributed by atoms with van der Waals surface area (Å²) in [6, 6.07) is 17.1. The van der Waals surface area contributed by atoms with Crippen LogP contribution in [-0.4, -0.2) is 47.2 Å². The van der Waals surface area contributed by atoms with Crippen LogP contribution in [0.4, 0.5) is 0 Å². The van der Waals surface area contributed by atoms with Gasteiger partial charge in [-0.05, 0) is 30.5 Å². The van der Waals surface area contributed by atoms with E-state index < -0.39 is 5.25 Å². The van der Waals surface area contributed by atoms with Gasteiger partial charge < -0.3 is 9.64 Å². The second kappa shape index (κ2) is 9.45. The summed E-state index contributed by atoms with van der Waals surface area (Å²) in [5, 5.41) is 0.656. The molecule has 1 fully saturated rings. The molecule has 2 aromatic carbocycles. The molecule has 1 aromatic heterocycles. The summed E-state index contributed by atoms with van der Waals surface area (Å²) in [5.74, 6) is 0.0735. The Balaban J connectivity index is 1.78. The standard InChI is InChI=1S/C23H25N3O3S/c1-29-16-15-26-21(27)18-11-5-6-12-19(18)24-23(26)30-20(17-9-3-2-4-10-17)22(28)25-13-7-8-14-25/h2-6,9-12,20H,7-8,13-16H2,1H3/t20-/m0/s1. The summed E-state index contributed by atoms with van der Waals surface area (Å²) in [6.45, 7) is 2.34. The Morgan fingerprint density at radius 1 is 1.10 bits per heavy atom. The Hall–Kier alpha value is -2.64. The number of thioether (sulfide) groups is 1. The second-order valence-corrected chi connectivity index (χ2v) is 8.37. The Morgan fingerprint density at radius 3 is 2.53 bits per heavy atom. The average Bonchev–Trinajstić information content (AvgIpc) is 3.32. The number of para-hydroxylation sites is 1. The normalized spacial score (nSPS) is 14.9. The summed E-state index contributed by atoms with van der Waals surface area (Å²) >= 11 is 1.35. The highest BCUT2D eigenvalue weighted by Crippen LogP contribution is 2.36. The Kier molecular flexibility index (Phi) is 6.50. The van der Waals surface area contributed by atoms with E-state index in [-0.39, 0.29) is 11.5 Å². The number of likely N-dealkylation sites (tertiary alicyclic amines) is 1. The molecule has 1 aliphatic heterocycles. The van der Waals surface area contributed by atoms with Crippen LogP contribution < -0.4 is 5.56 Å². The largest absolute Gasteiger partial charge is 0.383 e. The van der Waals surface area contributed by atoms with Gasteiger partial charge in [-0.25, -0.2) is 4.98 Å². The number of amides is 1. The number of rotatable bonds is 7. The molecule has 30 heavy (non-hydrogen) atoms. The van der Waals surface area contributed by atoms with Gasteiger partial charge in [0.1, 0.15) is 5.25 Å². The molecule has 0 spiro atoms. The first-order valence-corrected chi connectivity index (χ1v) is 11.1. The SMILES string of the molecule is COCCn1c(S[C@H](C(=O)N2CCCC2)c2ccccc2)nc2ccccc2c1=O. The van der Waals surface area contributed by atoms with E-state index in [0.29, 0.717) is 29.2 Å². The van der Waals surface area contributed by atoms with Gasteiger partial charge in [0.05, 0.1) is 24.1 Å². The molecular weight excluding hydrogens is 398 g/mol. The van der Waals surface area contributed by atoms with Gasteiger partial charge in [0.25, 0.3) is 5.56 Å². The van der Waals surface area contributed by atoms with Gasteiger partial charge in [0.15, 0.2) is 5.16 Å². The Bertz CT molecular complexity index is 1080. The molecule has 4 rings (SSSR count). The molecule has 0 unspecified atom stereocenters. The highest BCUT2D eigenvalue weighted by molar-refractivity contribution is 8.00. The quantitative estimate of drug-likeness (QED) is 0.430. The van der Waals surface area contributed by atoms with Crippen molar-refractivity contribution in [1.29, 1.82) is 0 Å². The molecule has 1 aliphatic rings. The van der Waals surface area contributed by atoms with Crippen molar-refractivity contribution in [2.45, 2.75) is 29.8 Å². The van der Waals surface area contributed by atoms with Crippen molar-refractivity contribution in [3.05, 3.63) is 70.5 Å². The summed E-state index contributed by atoms with van der Waals surface area (Å²) in [6.07, 6.45) is 2.06. The van der Waals surface area contributed by atoms with Crippen LogP contribution in [0.1, 0.15) is 23.7 Å². The predicted molar refractivity (Wildman–Crippen MR) is 119 cm³/mol.